The number of anilines is 2. The summed E-state index contributed by atoms with van der Waals surface area (Å²) in [6.45, 7) is 7.79. The standard InChI is InChI=1S/C17H18BrN3O/c1-9-6-7-14(22-5)11(3)16(9)21-17-15(18)10(2)13(8-19)12(4)20-17/h6-7H,1-5H3,(H,20,21). The number of nitrogens with zero attached hydrogens (tertiary/aromatic N) is 2. The van der Waals surface area contributed by atoms with E-state index in [1.807, 2.05) is 39.8 Å². The Hall–Kier alpha value is -2.06. The number of rotatable bonds is 3. The van der Waals surface area contributed by atoms with E-state index >= 15 is 0 Å². The summed E-state index contributed by atoms with van der Waals surface area (Å²) in [5.74, 6) is 1.53. The number of ether oxygens (including phenoxy) is 1. The van der Waals surface area contributed by atoms with Crippen LogP contribution in [0.25, 0.3) is 0 Å². The van der Waals surface area contributed by atoms with Gasteiger partial charge in [-0.2, -0.15) is 5.26 Å². The van der Waals surface area contributed by atoms with E-state index in [2.05, 4.69) is 32.3 Å². The quantitative estimate of drug-likeness (QED) is 0.862. The van der Waals surface area contributed by atoms with Gasteiger partial charge in [-0.3, -0.25) is 0 Å². The number of halogens is 1. The van der Waals surface area contributed by atoms with Gasteiger partial charge in [-0.1, -0.05) is 6.07 Å². The number of aromatic nitrogens is 1. The predicted octanol–water partition coefficient (Wildman–Crippen LogP) is 4.70. The molecule has 5 heteroatoms. The second-order valence-electron chi connectivity index (χ2n) is 5.18. The first-order chi connectivity index (χ1) is 10.4. The van der Waals surface area contributed by atoms with Gasteiger partial charge in [0.05, 0.1) is 22.8 Å². The van der Waals surface area contributed by atoms with Gasteiger partial charge in [0, 0.05) is 11.3 Å². The van der Waals surface area contributed by atoms with Crippen molar-refractivity contribution in [2.45, 2.75) is 27.7 Å². The molecule has 0 spiro atoms. The van der Waals surface area contributed by atoms with E-state index in [4.69, 9.17) is 4.74 Å². The summed E-state index contributed by atoms with van der Waals surface area (Å²) >= 11 is 3.54. The van der Waals surface area contributed by atoms with Crippen molar-refractivity contribution in [3.8, 4) is 11.8 Å². The van der Waals surface area contributed by atoms with Crippen molar-refractivity contribution in [2.75, 3.05) is 12.4 Å². The summed E-state index contributed by atoms with van der Waals surface area (Å²) in [4.78, 5) is 4.52. The van der Waals surface area contributed by atoms with Crippen LogP contribution in [0.1, 0.15) is 27.9 Å². The molecule has 22 heavy (non-hydrogen) atoms. The zero-order chi connectivity index (χ0) is 16.4. The highest BCUT2D eigenvalue weighted by molar-refractivity contribution is 9.10. The number of hydrogen-bond donors (Lipinski definition) is 1. The van der Waals surface area contributed by atoms with E-state index in [0.717, 1.165) is 32.6 Å². The maximum Gasteiger partial charge on any atom is 0.145 e. The number of pyridine rings is 1. The Morgan fingerprint density at radius 2 is 1.86 bits per heavy atom. The SMILES string of the molecule is COc1ccc(C)c(Nc2nc(C)c(C#N)c(C)c2Br)c1C. The largest absolute Gasteiger partial charge is 0.496 e. The van der Waals surface area contributed by atoms with Gasteiger partial charge in [0.25, 0.3) is 0 Å². The molecule has 2 aromatic rings. The highest BCUT2D eigenvalue weighted by Gasteiger charge is 2.15. The van der Waals surface area contributed by atoms with Gasteiger partial charge in [-0.15, -0.1) is 0 Å². The lowest BCUT2D eigenvalue weighted by Crippen LogP contribution is -2.04. The molecule has 0 aliphatic rings. The molecule has 114 valence electrons. The van der Waals surface area contributed by atoms with Crippen LogP contribution >= 0.6 is 15.9 Å². The molecule has 1 aromatic carbocycles. The molecule has 0 aliphatic carbocycles. The highest BCUT2D eigenvalue weighted by atomic mass is 79.9. The van der Waals surface area contributed by atoms with Gasteiger partial charge in [-0.05, 0) is 60.8 Å². The Morgan fingerprint density at radius 3 is 2.45 bits per heavy atom. The first-order valence-corrected chi connectivity index (χ1v) is 7.68. The lowest BCUT2D eigenvalue weighted by Gasteiger charge is -2.17. The van der Waals surface area contributed by atoms with E-state index in [-0.39, 0.29) is 0 Å². The lowest BCUT2D eigenvalue weighted by atomic mass is 10.1. The van der Waals surface area contributed by atoms with Crippen LogP contribution in [-0.4, -0.2) is 12.1 Å². The Bertz CT molecular complexity index is 779. The topological polar surface area (TPSA) is 57.9 Å². The molecule has 0 saturated heterocycles. The second kappa shape index (κ2) is 6.37. The van der Waals surface area contributed by atoms with Crippen molar-refractivity contribution >= 4 is 27.4 Å². The maximum absolute atomic E-state index is 9.21. The minimum atomic E-state index is 0.608. The van der Waals surface area contributed by atoms with E-state index in [1.165, 1.54) is 0 Å². The number of methoxy groups -OCH3 is 1. The summed E-state index contributed by atoms with van der Waals surface area (Å²) in [6, 6.07) is 6.15. The molecule has 2 rings (SSSR count). The first kappa shape index (κ1) is 16.3. The minimum absolute atomic E-state index is 0.608. The van der Waals surface area contributed by atoms with Crippen LogP contribution in [0.4, 0.5) is 11.5 Å². The maximum atomic E-state index is 9.21. The van der Waals surface area contributed by atoms with E-state index in [9.17, 15) is 5.26 Å². The molecular weight excluding hydrogens is 342 g/mol. The Balaban J connectivity index is 2.56. The van der Waals surface area contributed by atoms with Gasteiger partial charge in [0.1, 0.15) is 17.6 Å². The zero-order valence-corrected chi connectivity index (χ0v) is 14.9. The third-order valence-electron chi connectivity index (χ3n) is 3.75. The average Bonchev–Trinajstić information content (AvgIpc) is 2.49. The number of nitriles is 1. The summed E-state index contributed by atoms with van der Waals surface area (Å²) in [5, 5.41) is 12.6. The number of aryl methyl sites for hydroxylation is 2. The fourth-order valence-corrected chi connectivity index (χ4v) is 2.82. The highest BCUT2D eigenvalue weighted by Crippen LogP contribution is 2.35. The van der Waals surface area contributed by atoms with E-state index in [0.29, 0.717) is 17.1 Å². The molecule has 0 bridgehead atoms. The Kier molecular flexibility index (Phi) is 4.72. The minimum Gasteiger partial charge on any atom is -0.496 e. The van der Waals surface area contributed by atoms with Crippen LogP contribution in [0, 0.1) is 39.0 Å². The lowest BCUT2D eigenvalue weighted by molar-refractivity contribution is 0.412. The summed E-state index contributed by atoms with van der Waals surface area (Å²) < 4.78 is 6.18. The molecule has 1 aromatic heterocycles. The molecule has 0 saturated carbocycles. The van der Waals surface area contributed by atoms with Gasteiger partial charge in [0.2, 0.25) is 0 Å². The van der Waals surface area contributed by atoms with Crippen LogP contribution in [0.2, 0.25) is 0 Å². The third kappa shape index (κ3) is 2.79. The summed E-state index contributed by atoms with van der Waals surface area (Å²) in [7, 11) is 1.66. The fraction of sp³-hybridized carbons (Fsp3) is 0.294. The molecule has 0 fully saturated rings. The smallest absolute Gasteiger partial charge is 0.145 e. The van der Waals surface area contributed by atoms with Crippen molar-refractivity contribution in [3.63, 3.8) is 0 Å². The molecule has 0 unspecified atom stereocenters. The van der Waals surface area contributed by atoms with Crippen molar-refractivity contribution in [1.82, 2.24) is 4.98 Å². The number of benzene rings is 1. The van der Waals surface area contributed by atoms with Crippen LogP contribution < -0.4 is 10.1 Å². The Morgan fingerprint density at radius 1 is 1.18 bits per heavy atom. The van der Waals surface area contributed by atoms with Crippen molar-refractivity contribution in [2.24, 2.45) is 0 Å². The molecule has 0 amide bonds. The van der Waals surface area contributed by atoms with Crippen LogP contribution in [0.5, 0.6) is 5.75 Å². The molecule has 1 heterocycles. The summed E-state index contributed by atoms with van der Waals surface area (Å²) in [5.41, 5.74) is 5.30. The monoisotopic (exact) mass is 359 g/mol. The first-order valence-electron chi connectivity index (χ1n) is 6.88. The van der Waals surface area contributed by atoms with Crippen molar-refractivity contribution < 1.29 is 4.74 Å². The Labute approximate surface area is 139 Å². The third-order valence-corrected chi connectivity index (χ3v) is 4.72. The number of nitrogens with one attached hydrogen (secondary N) is 1. The van der Waals surface area contributed by atoms with Gasteiger partial charge < -0.3 is 10.1 Å². The molecule has 0 atom stereocenters. The predicted molar refractivity (Wildman–Crippen MR) is 91.9 cm³/mol. The second-order valence-corrected chi connectivity index (χ2v) is 5.97. The summed E-state index contributed by atoms with van der Waals surface area (Å²) in [6.07, 6.45) is 0. The van der Waals surface area contributed by atoms with Crippen LogP contribution in [-0.2, 0) is 0 Å². The van der Waals surface area contributed by atoms with E-state index in [1.54, 1.807) is 7.11 Å². The molecule has 1 N–H and O–H groups in total. The molecule has 0 radical (unpaired) electrons. The number of hydrogen-bond acceptors (Lipinski definition) is 4. The molecular formula is C17H18BrN3O. The average molecular weight is 360 g/mol. The van der Waals surface area contributed by atoms with Gasteiger partial charge in [-0.25, -0.2) is 4.98 Å². The van der Waals surface area contributed by atoms with Crippen LogP contribution in [0.3, 0.4) is 0 Å². The van der Waals surface area contributed by atoms with Gasteiger partial charge >= 0.3 is 0 Å². The van der Waals surface area contributed by atoms with Gasteiger partial charge in [0.15, 0.2) is 0 Å². The van der Waals surface area contributed by atoms with Crippen molar-refractivity contribution in [1.29, 1.82) is 5.26 Å². The van der Waals surface area contributed by atoms with Crippen LogP contribution in [0.15, 0.2) is 16.6 Å². The van der Waals surface area contributed by atoms with Crippen molar-refractivity contribution in [3.05, 3.63) is 44.6 Å². The van der Waals surface area contributed by atoms with E-state index < -0.39 is 0 Å². The zero-order valence-electron chi connectivity index (χ0n) is 13.3. The molecule has 4 nitrogen and oxygen atoms in total. The normalized spacial score (nSPS) is 10.2. The molecule has 0 aliphatic heterocycles. The fourth-order valence-electron chi connectivity index (χ4n) is 2.44.